The number of hydrogen-bond acceptors (Lipinski definition) is 2. The van der Waals surface area contributed by atoms with E-state index >= 15 is 0 Å². The van der Waals surface area contributed by atoms with Gasteiger partial charge in [-0.05, 0) is 17.7 Å². The summed E-state index contributed by atoms with van der Waals surface area (Å²) in [6.07, 6.45) is 3.43. The molecule has 0 bridgehead atoms. The zero-order chi connectivity index (χ0) is 11.5. The molecule has 0 atom stereocenters. The van der Waals surface area contributed by atoms with Crippen molar-refractivity contribution in [2.45, 2.75) is 5.33 Å². The normalized spacial score (nSPS) is 10.4. The Morgan fingerprint density at radius 3 is 2.88 bits per heavy atom. The van der Waals surface area contributed by atoms with Gasteiger partial charge in [-0.1, -0.05) is 33.6 Å². The van der Waals surface area contributed by atoms with E-state index in [9.17, 15) is 0 Å². The third kappa shape index (κ3) is 2.57. The Balaban J connectivity index is 2.21. The highest BCUT2D eigenvalue weighted by Gasteiger charge is 2.05. The molecular formula is C11H10BrClN2O. The fraction of sp³-hybridized carbons (Fsp3) is 0.182. The molecule has 0 aliphatic carbocycles. The maximum absolute atomic E-state index is 6.09. The highest BCUT2D eigenvalue weighted by molar-refractivity contribution is 9.08. The van der Waals surface area contributed by atoms with E-state index in [0.717, 1.165) is 10.9 Å². The first kappa shape index (κ1) is 11.5. The molecule has 5 heteroatoms. The lowest BCUT2D eigenvalue weighted by Crippen LogP contribution is -1.86. The highest BCUT2D eigenvalue weighted by atomic mass is 79.9. The molecule has 2 rings (SSSR count). The SMILES string of the molecule is Cn1cc(Oc2ccc(CBr)cc2Cl)cn1. The van der Waals surface area contributed by atoms with Crippen molar-refractivity contribution in [3.8, 4) is 11.5 Å². The molecule has 0 saturated heterocycles. The summed E-state index contributed by atoms with van der Waals surface area (Å²) in [6.45, 7) is 0. The zero-order valence-corrected chi connectivity index (χ0v) is 11.0. The molecule has 1 heterocycles. The average Bonchev–Trinajstić information content (AvgIpc) is 2.67. The quantitative estimate of drug-likeness (QED) is 0.807. The van der Waals surface area contributed by atoms with Crippen LogP contribution in [0.1, 0.15) is 5.56 Å². The minimum absolute atomic E-state index is 0.598. The summed E-state index contributed by atoms with van der Waals surface area (Å²) in [5.41, 5.74) is 1.11. The monoisotopic (exact) mass is 300 g/mol. The molecule has 1 aromatic carbocycles. The van der Waals surface area contributed by atoms with Crippen molar-refractivity contribution in [3.63, 3.8) is 0 Å². The van der Waals surface area contributed by atoms with Gasteiger partial charge in [-0.25, -0.2) is 0 Å². The van der Waals surface area contributed by atoms with Gasteiger partial charge >= 0.3 is 0 Å². The van der Waals surface area contributed by atoms with Gasteiger partial charge in [0.05, 0.1) is 17.4 Å². The van der Waals surface area contributed by atoms with Gasteiger partial charge in [0.15, 0.2) is 5.75 Å². The van der Waals surface area contributed by atoms with E-state index in [1.807, 2.05) is 25.2 Å². The second-order valence-electron chi connectivity index (χ2n) is 3.35. The number of halogens is 2. The van der Waals surface area contributed by atoms with Gasteiger partial charge < -0.3 is 4.74 Å². The van der Waals surface area contributed by atoms with E-state index in [2.05, 4.69) is 21.0 Å². The van der Waals surface area contributed by atoms with Crippen LogP contribution in [0.5, 0.6) is 11.5 Å². The van der Waals surface area contributed by atoms with Crippen molar-refractivity contribution in [1.82, 2.24) is 9.78 Å². The largest absolute Gasteiger partial charge is 0.452 e. The van der Waals surface area contributed by atoms with Crippen molar-refractivity contribution in [3.05, 3.63) is 41.2 Å². The smallest absolute Gasteiger partial charge is 0.165 e. The highest BCUT2D eigenvalue weighted by Crippen LogP contribution is 2.30. The van der Waals surface area contributed by atoms with E-state index in [0.29, 0.717) is 16.5 Å². The molecule has 0 unspecified atom stereocenters. The molecule has 1 aromatic heterocycles. The standard InChI is InChI=1S/C11H10BrClN2O/c1-15-7-9(6-14-15)16-11-3-2-8(5-12)4-10(11)13/h2-4,6-7H,5H2,1H3. The minimum atomic E-state index is 0.598. The second kappa shape index (κ2) is 4.89. The number of rotatable bonds is 3. The summed E-state index contributed by atoms with van der Waals surface area (Å²) in [6, 6.07) is 5.69. The Morgan fingerprint density at radius 1 is 1.50 bits per heavy atom. The Bertz CT molecular complexity index is 498. The predicted octanol–water partition coefficient (Wildman–Crippen LogP) is 3.76. The Morgan fingerprint density at radius 2 is 2.31 bits per heavy atom. The van der Waals surface area contributed by atoms with E-state index in [1.54, 1.807) is 17.1 Å². The maximum Gasteiger partial charge on any atom is 0.165 e. The molecule has 16 heavy (non-hydrogen) atoms. The Labute approximate surface area is 107 Å². The van der Waals surface area contributed by atoms with Gasteiger partial charge in [-0.15, -0.1) is 0 Å². The van der Waals surface area contributed by atoms with Gasteiger partial charge in [-0.3, -0.25) is 4.68 Å². The molecule has 0 fully saturated rings. The van der Waals surface area contributed by atoms with E-state index in [-0.39, 0.29) is 0 Å². The van der Waals surface area contributed by atoms with Crippen LogP contribution in [0.4, 0.5) is 0 Å². The van der Waals surface area contributed by atoms with Crippen LogP contribution in [-0.4, -0.2) is 9.78 Å². The molecule has 0 amide bonds. The van der Waals surface area contributed by atoms with Crippen LogP contribution in [0.15, 0.2) is 30.6 Å². The zero-order valence-electron chi connectivity index (χ0n) is 8.65. The lowest BCUT2D eigenvalue weighted by molar-refractivity contribution is 0.482. The molecule has 84 valence electrons. The fourth-order valence-electron chi connectivity index (χ4n) is 1.29. The van der Waals surface area contributed by atoms with Crippen molar-refractivity contribution >= 4 is 27.5 Å². The number of aromatic nitrogens is 2. The molecular weight excluding hydrogens is 291 g/mol. The second-order valence-corrected chi connectivity index (χ2v) is 4.32. The van der Waals surface area contributed by atoms with Crippen LogP contribution in [0.25, 0.3) is 0 Å². The van der Waals surface area contributed by atoms with Crippen molar-refractivity contribution in [2.75, 3.05) is 0 Å². The van der Waals surface area contributed by atoms with Crippen LogP contribution >= 0.6 is 27.5 Å². The van der Waals surface area contributed by atoms with E-state index in [4.69, 9.17) is 16.3 Å². The average molecular weight is 302 g/mol. The van der Waals surface area contributed by atoms with Gasteiger partial charge in [0, 0.05) is 12.4 Å². The molecule has 0 N–H and O–H groups in total. The van der Waals surface area contributed by atoms with Crippen LogP contribution in [-0.2, 0) is 12.4 Å². The summed E-state index contributed by atoms with van der Waals surface area (Å²) < 4.78 is 7.28. The number of alkyl halides is 1. The van der Waals surface area contributed by atoms with Crippen molar-refractivity contribution < 1.29 is 4.74 Å². The molecule has 0 aliphatic rings. The van der Waals surface area contributed by atoms with Gasteiger partial charge in [0.25, 0.3) is 0 Å². The third-order valence-electron chi connectivity index (χ3n) is 2.06. The summed E-state index contributed by atoms with van der Waals surface area (Å²) >= 11 is 9.47. The maximum atomic E-state index is 6.09. The first-order valence-electron chi connectivity index (χ1n) is 4.70. The summed E-state index contributed by atoms with van der Waals surface area (Å²) in [4.78, 5) is 0. The number of aryl methyl sites for hydroxylation is 1. The van der Waals surface area contributed by atoms with Gasteiger partial charge in [0.1, 0.15) is 5.75 Å². The van der Waals surface area contributed by atoms with Crippen LogP contribution in [0, 0.1) is 0 Å². The summed E-state index contributed by atoms with van der Waals surface area (Å²) in [5, 5.41) is 5.39. The van der Waals surface area contributed by atoms with Crippen molar-refractivity contribution in [2.24, 2.45) is 7.05 Å². The number of nitrogens with zero attached hydrogens (tertiary/aromatic N) is 2. The van der Waals surface area contributed by atoms with Crippen LogP contribution in [0.2, 0.25) is 5.02 Å². The lowest BCUT2D eigenvalue weighted by Gasteiger charge is -2.06. The Hall–Kier alpha value is -1.00. The van der Waals surface area contributed by atoms with Gasteiger partial charge in [-0.2, -0.15) is 5.10 Å². The van der Waals surface area contributed by atoms with E-state index in [1.165, 1.54) is 0 Å². The third-order valence-corrected chi connectivity index (χ3v) is 3.00. The number of hydrogen-bond donors (Lipinski definition) is 0. The number of ether oxygens (including phenoxy) is 1. The first-order chi connectivity index (χ1) is 7.69. The lowest BCUT2D eigenvalue weighted by atomic mass is 10.2. The molecule has 3 nitrogen and oxygen atoms in total. The molecule has 0 saturated carbocycles. The predicted molar refractivity (Wildman–Crippen MR) is 67.4 cm³/mol. The molecule has 0 spiro atoms. The molecule has 0 aliphatic heterocycles. The topological polar surface area (TPSA) is 27.1 Å². The van der Waals surface area contributed by atoms with Crippen LogP contribution in [0.3, 0.4) is 0 Å². The minimum Gasteiger partial charge on any atom is -0.452 e. The van der Waals surface area contributed by atoms with E-state index < -0.39 is 0 Å². The number of benzene rings is 1. The summed E-state index contributed by atoms with van der Waals surface area (Å²) in [5.74, 6) is 1.32. The molecule has 2 aromatic rings. The fourth-order valence-corrected chi connectivity index (χ4v) is 1.88. The Kier molecular flexibility index (Phi) is 3.51. The first-order valence-corrected chi connectivity index (χ1v) is 6.20. The van der Waals surface area contributed by atoms with Gasteiger partial charge in [0.2, 0.25) is 0 Å². The molecule has 0 radical (unpaired) electrons. The van der Waals surface area contributed by atoms with Crippen LogP contribution < -0.4 is 4.74 Å². The summed E-state index contributed by atoms with van der Waals surface area (Å²) in [7, 11) is 1.84. The van der Waals surface area contributed by atoms with Crippen molar-refractivity contribution in [1.29, 1.82) is 0 Å².